The van der Waals surface area contributed by atoms with Crippen LogP contribution in [0, 0.1) is 5.92 Å². The van der Waals surface area contributed by atoms with Gasteiger partial charge in [0.05, 0.1) is 12.7 Å². The van der Waals surface area contributed by atoms with Crippen molar-refractivity contribution in [2.75, 3.05) is 13.6 Å². The molecule has 112 valence electrons. The highest BCUT2D eigenvalue weighted by molar-refractivity contribution is 5.26. The molecule has 1 N–H and O–H groups in total. The number of hydrogen-bond donors (Lipinski definition) is 1. The lowest BCUT2D eigenvalue weighted by atomic mass is 9.85. The topological polar surface area (TPSA) is 21.3 Å². The Morgan fingerprint density at radius 3 is 2.75 bits per heavy atom. The van der Waals surface area contributed by atoms with Crippen molar-refractivity contribution in [3.63, 3.8) is 0 Å². The quantitative estimate of drug-likeness (QED) is 0.814. The third-order valence-electron chi connectivity index (χ3n) is 4.55. The molecule has 2 nitrogen and oxygen atoms in total. The first-order chi connectivity index (χ1) is 9.83. The lowest BCUT2D eigenvalue weighted by molar-refractivity contribution is 0.00150. The summed E-state index contributed by atoms with van der Waals surface area (Å²) in [5, 5.41) is 3.22. The van der Waals surface area contributed by atoms with Gasteiger partial charge in [-0.3, -0.25) is 0 Å². The van der Waals surface area contributed by atoms with Crippen LogP contribution < -0.4 is 5.32 Å². The van der Waals surface area contributed by atoms with Crippen LogP contribution in [0.4, 0.5) is 0 Å². The highest BCUT2D eigenvalue weighted by Crippen LogP contribution is 2.29. The van der Waals surface area contributed by atoms with Crippen LogP contribution in [0.5, 0.6) is 0 Å². The predicted octanol–water partition coefficient (Wildman–Crippen LogP) is 3.93. The van der Waals surface area contributed by atoms with Gasteiger partial charge in [-0.05, 0) is 49.9 Å². The third kappa shape index (κ3) is 4.60. The van der Waals surface area contributed by atoms with E-state index >= 15 is 0 Å². The van der Waals surface area contributed by atoms with Crippen LogP contribution in [0.1, 0.15) is 50.2 Å². The van der Waals surface area contributed by atoms with Crippen LogP contribution in [0.2, 0.25) is 0 Å². The van der Waals surface area contributed by atoms with Gasteiger partial charge in [0.25, 0.3) is 0 Å². The van der Waals surface area contributed by atoms with Gasteiger partial charge >= 0.3 is 0 Å². The summed E-state index contributed by atoms with van der Waals surface area (Å²) in [6.07, 6.45) is 8.10. The van der Waals surface area contributed by atoms with Crippen LogP contribution >= 0.6 is 0 Å². The molecular formula is C18H29NO. The Morgan fingerprint density at radius 2 is 2.00 bits per heavy atom. The van der Waals surface area contributed by atoms with Crippen molar-refractivity contribution in [3.05, 3.63) is 35.4 Å². The van der Waals surface area contributed by atoms with E-state index in [0.29, 0.717) is 6.10 Å². The molecule has 1 aromatic rings. The van der Waals surface area contributed by atoms with Gasteiger partial charge in [-0.2, -0.15) is 0 Å². The molecule has 1 aliphatic rings. The van der Waals surface area contributed by atoms with Crippen molar-refractivity contribution in [1.29, 1.82) is 0 Å². The van der Waals surface area contributed by atoms with Crippen molar-refractivity contribution < 1.29 is 4.74 Å². The molecule has 1 aromatic carbocycles. The molecule has 0 radical (unpaired) electrons. The molecule has 20 heavy (non-hydrogen) atoms. The minimum atomic E-state index is 0.478. The summed E-state index contributed by atoms with van der Waals surface area (Å²) in [5.41, 5.74) is 2.78. The Labute approximate surface area is 123 Å². The van der Waals surface area contributed by atoms with E-state index < -0.39 is 0 Å². The smallest absolute Gasteiger partial charge is 0.0723 e. The van der Waals surface area contributed by atoms with E-state index in [2.05, 4.69) is 36.5 Å². The third-order valence-corrected chi connectivity index (χ3v) is 4.55. The van der Waals surface area contributed by atoms with E-state index in [9.17, 15) is 0 Å². The fraction of sp³-hybridized carbons (Fsp3) is 0.667. The summed E-state index contributed by atoms with van der Waals surface area (Å²) >= 11 is 0. The number of benzene rings is 1. The average molecular weight is 275 g/mol. The fourth-order valence-electron chi connectivity index (χ4n) is 3.17. The zero-order chi connectivity index (χ0) is 14.2. The highest BCUT2D eigenvalue weighted by atomic mass is 16.5. The second-order valence-electron chi connectivity index (χ2n) is 6.00. The minimum Gasteiger partial charge on any atom is -0.374 e. The Kier molecular flexibility index (Phi) is 6.55. The lowest BCUT2D eigenvalue weighted by Crippen LogP contribution is -2.22. The minimum absolute atomic E-state index is 0.478. The molecule has 2 atom stereocenters. The van der Waals surface area contributed by atoms with E-state index in [1.165, 1.54) is 43.2 Å². The van der Waals surface area contributed by atoms with Gasteiger partial charge < -0.3 is 10.1 Å². The highest BCUT2D eigenvalue weighted by Gasteiger charge is 2.21. The van der Waals surface area contributed by atoms with E-state index in [-0.39, 0.29) is 0 Å². The summed E-state index contributed by atoms with van der Waals surface area (Å²) in [5.74, 6) is 0.883. The van der Waals surface area contributed by atoms with E-state index in [1.54, 1.807) is 0 Å². The van der Waals surface area contributed by atoms with E-state index in [4.69, 9.17) is 4.74 Å². The molecule has 0 bridgehead atoms. The molecule has 1 fully saturated rings. The molecule has 0 amide bonds. The number of ether oxygens (including phenoxy) is 1. The van der Waals surface area contributed by atoms with Crippen molar-refractivity contribution in [3.8, 4) is 0 Å². The molecule has 0 aromatic heterocycles. The number of likely N-dealkylation sites (N-methyl/N-ethyl adjacent to an activating group) is 1. The predicted molar refractivity (Wildman–Crippen MR) is 84.9 cm³/mol. The van der Waals surface area contributed by atoms with Crippen LogP contribution in [0.3, 0.4) is 0 Å². The Bertz CT molecular complexity index is 391. The first-order valence-electron chi connectivity index (χ1n) is 8.16. The van der Waals surface area contributed by atoms with Crippen molar-refractivity contribution in [2.45, 2.75) is 58.2 Å². The summed E-state index contributed by atoms with van der Waals surface area (Å²) in [7, 11) is 2.01. The van der Waals surface area contributed by atoms with Crippen molar-refractivity contribution in [2.24, 2.45) is 5.92 Å². The van der Waals surface area contributed by atoms with Crippen LogP contribution in [-0.2, 0) is 17.8 Å². The van der Waals surface area contributed by atoms with Gasteiger partial charge in [-0.15, -0.1) is 0 Å². The molecule has 0 heterocycles. The molecule has 0 saturated heterocycles. The van der Waals surface area contributed by atoms with Gasteiger partial charge in [-0.25, -0.2) is 0 Å². The van der Waals surface area contributed by atoms with Crippen LogP contribution in [0.15, 0.2) is 24.3 Å². The maximum absolute atomic E-state index is 6.20. The van der Waals surface area contributed by atoms with E-state index in [1.807, 2.05) is 7.05 Å². The number of hydrogen-bond acceptors (Lipinski definition) is 2. The second kappa shape index (κ2) is 8.43. The first-order valence-corrected chi connectivity index (χ1v) is 8.16. The maximum Gasteiger partial charge on any atom is 0.0723 e. The van der Waals surface area contributed by atoms with Gasteiger partial charge in [0.2, 0.25) is 0 Å². The molecule has 2 heteroatoms. The maximum atomic E-state index is 6.20. The normalized spacial score (nSPS) is 22.9. The summed E-state index contributed by atoms with van der Waals surface area (Å²) in [4.78, 5) is 0. The van der Waals surface area contributed by atoms with Crippen molar-refractivity contribution in [1.82, 2.24) is 5.32 Å². The summed E-state index contributed by atoms with van der Waals surface area (Å²) in [6, 6.07) is 8.69. The molecule has 2 unspecified atom stereocenters. The number of nitrogens with one attached hydrogen (secondary N) is 1. The monoisotopic (exact) mass is 275 g/mol. The Morgan fingerprint density at radius 1 is 1.20 bits per heavy atom. The molecule has 1 aliphatic carbocycles. The Hall–Kier alpha value is -0.860. The average Bonchev–Trinajstić information content (AvgIpc) is 2.52. The van der Waals surface area contributed by atoms with Gasteiger partial charge in [0.1, 0.15) is 0 Å². The molecule has 0 spiro atoms. The molecular weight excluding hydrogens is 246 g/mol. The largest absolute Gasteiger partial charge is 0.374 e. The zero-order valence-corrected chi connectivity index (χ0v) is 13.0. The lowest BCUT2D eigenvalue weighted by Gasteiger charge is -2.28. The number of rotatable bonds is 7. The van der Waals surface area contributed by atoms with Crippen molar-refractivity contribution >= 4 is 0 Å². The summed E-state index contributed by atoms with van der Waals surface area (Å²) in [6.45, 7) is 4.11. The Balaban J connectivity index is 1.86. The standard InChI is InChI=1S/C18H29NO/c1-3-15-7-6-10-18(13-15)20-14-17-9-5-4-8-16(17)11-12-19-2/h4-5,8-9,15,18-19H,3,6-7,10-14H2,1-2H3. The summed E-state index contributed by atoms with van der Waals surface area (Å²) < 4.78 is 6.20. The molecule has 1 saturated carbocycles. The van der Waals surface area contributed by atoms with Gasteiger partial charge in [-0.1, -0.05) is 50.5 Å². The zero-order valence-electron chi connectivity index (χ0n) is 13.0. The van der Waals surface area contributed by atoms with Gasteiger partial charge in [0.15, 0.2) is 0 Å². The van der Waals surface area contributed by atoms with E-state index in [0.717, 1.165) is 25.5 Å². The van der Waals surface area contributed by atoms with Crippen LogP contribution in [-0.4, -0.2) is 19.7 Å². The van der Waals surface area contributed by atoms with Gasteiger partial charge in [0, 0.05) is 0 Å². The molecule has 0 aliphatic heterocycles. The SMILES string of the molecule is CCC1CCCC(OCc2ccccc2CCNC)C1. The second-order valence-corrected chi connectivity index (χ2v) is 6.00. The first kappa shape index (κ1) is 15.5. The molecule has 2 rings (SSSR count). The van der Waals surface area contributed by atoms with Crippen LogP contribution in [0.25, 0.3) is 0 Å². The fourth-order valence-corrected chi connectivity index (χ4v) is 3.17.